The SMILES string of the molecule is C/C=C/CC(=O)OC(C)OC(=O)N(c1ccc(C(=O)c2ccccc2C)c(Cl)c1)c1ccc(F)cc1C. The highest BCUT2D eigenvalue weighted by molar-refractivity contribution is 6.35. The van der Waals surface area contributed by atoms with E-state index < -0.39 is 24.2 Å². The Balaban J connectivity index is 1.96. The predicted molar refractivity (Wildman–Crippen MR) is 141 cm³/mol. The van der Waals surface area contributed by atoms with Gasteiger partial charge in [-0.05, 0) is 68.3 Å². The van der Waals surface area contributed by atoms with Crippen molar-refractivity contribution in [3.8, 4) is 0 Å². The molecule has 1 amide bonds. The lowest BCUT2D eigenvalue weighted by atomic mass is 9.99. The molecule has 8 heteroatoms. The first kappa shape index (κ1) is 27.6. The van der Waals surface area contributed by atoms with Gasteiger partial charge in [-0.3, -0.25) is 9.59 Å². The lowest BCUT2D eigenvalue weighted by Gasteiger charge is -2.26. The summed E-state index contributed by atoms with van der Waals surface area (Å²) in [4.78, 5) is 39.5. The minimum Gasteiger partial charge on any atom is -0.425 e. The van der Waals surface area contributed by atoms with Crippen LogP contribution in [0, 0.1) is 19.7 Å². The Hall–Kier alpha value is -3.97. The van der Waals surface area contributed by atoms with Crippen LogP contribution in [0.15, 0.2) is 72.8 Å². The summed E-state index contributed by atoms with van der Waals surface area (Å²) < 4.78 is 24.3. The molecule has 3 aromatic rings. The molecule has 0 heterocycles. The van der Waals surface area contributed by atoms with Crippen molar-refractivity contribution in [3.63, 3.8) is 0 Å². The van der Waals surface area contributed by atoms with E-state index in [4.69, 9.17) is 21.1 Å². The van der Waals surface area contributed by atoms with E-state index in [-0.39, 0.29) is 28.5 Å². The Morgan fingerprint density at radius 3 is 2.35 bits per heavy atom. The van der Waals surface area contributed by atoms with Gasteiger partial charge in [-0.2, -0.15) is 0 Å². The van der Waals surface area contributed by atoms with Crippen LogP contribution in [0.25, 0.3) is 0 Å². The second-order valence-electron chi connectivity index (χ2n) is 8.29. The van der Waals surface area contributed by atoms with Crippen LogP contribution in [-0.4, -0.2) is 24.1 Å². The van der Waals surface area contributed by atoms with E-state index in [1.165, 1.54) is 42.2 Å². The van der Waals surface area contributed by atoms with Crippen LogP contribution in [0.5, 0.6) is 0 Å². The van der Waals surface area contributed by atoms with Gasteiger partial charge in [-0.25, -0.2) is 14.1 Å². The average Bonchev–Trinajstić information content (AvgIpc) is 2.84. The van der Waals surface area contributed by atoms with Crippen LogP contribution in [0.3, 0.4) is 0 Å². The fourth-order valence-electron chi connectivity index (χ4n) is 3.68. The number of hydrogen-bond acceptors (Lipinski definition) is 5. The first-order valence-electron chi connectivity index (χ1n) is 11.6. The molecule has 37 heavy (non-hydrogen) atoms. The molecular formula is C29H27ClFNO5. The zero-order valence-corrected chi connectivity index (χ0v) is 21.7. The molecule has 192 valence electrons. The van der Waals surface area contributed by atoms with Crippen molar-refractivity contribution in [2.45, 2.75) is 40.4 Å². The predicted octanol–water partition coefficient (Wildman–Crippen LogP) is 7.46. The highest BCUT2D eigenvalue weighted by Crippen LogP contribution is 2.34. The molecule has 0 radical (unpaired) electrons. The number of amides is 1. The molecule has 0 aliphatic heterocycles. The third kappa shape index (κ3) is 6.83. The van der Waals surface area contributed by atoms with Crippen LogP contribution < -0.4 is 4.90 Å². The molecular weight excluding hydrogens is 497 g/mol. The van der Waals surface area contributed by atoms with Crippen molar-refractivity contribution < 1.29 is 28.2 Å². The van der Waals surface area contributed by atoms with E-state index in [1.807, 2.05) is 19.1 Å². The Morgan fingerprint density at radius 2 is 1.70 bits per heavy atom. The van der Waals surface area contributed by atoms with Gasteiger partial charge in [-0.15, -0.1) is 0 Å². The van der Waals surface area contributed by atoms with E-state index in [9.17, 15) is 18.8 Å². The van der Waals surface area contributed by atoms with Gasteiger partial charge in [0.25, 0.3) is 0 Å². The third-order valence-corrected chi connectivity index (χ3v) is 5.82. The zero-order chi connectivity index (χ0) is 27.1. The molecule has 0 bridgehead atoms. The van der Waals surface area contributed by atoms with E-state index in [2.05, 4.69) is 0 Å². The molecule has 3 aromatic carbocycles. The summed E-state index contributed by atoms with van der Waals surface area (Å²) in [6.45, 7) is 6.65. The number of benzene rings is 3. The number of ether oxygens (including phenoxy) is 2. The van der Waals surface area contributed by atoms with Gasteiger partial charge in [0, 0.05) is 18.1 Å². The Morgan fingerprint density at radius 1 is 0.973 bits per heavy atom. The number of anilines is 2. The van der Waals surface area contributed by atoms with E-state index >= 15 is 0 Å². The molecule has 0 saturated carbocycles. The number of rotatable bonds is 8. The van der Waals surface area contributed by atoms with Crippen LogP contribution in [0.1, 0.15) is 47.3 Å². The van der Waals surface area contributed by atoms with Crippen LogP contribution in [0.2, 0.25) is 5.02 Å². The molecule has 0 spiro atoms. The molecule has 0 fully saturated rings. The summed E-state index contributed by atoms with van der Waals surface area (Å²) in [5, 5.41) is 0.120. The number of halogens is 2. The monoisotopic (exact) mass is 523 g/mol. The number of ketones is 1. The molecule has 3 rings (SSSR count). The summed E-state index contributed by atoms with van der Waals surface area (Å²) in [5.41, 5.74) is 2.63. The molecule has 6 nitrogen and oxygen atoms in total. The van der Waals surface area contributed by atoms with Gasteiger partial charge in [0.1, 0.15) is 5.82 Å². The lowest BCUT2D eigenvalue weighted by molar-refractivity contribution is -0.163. The standard InChI is InChI=1S/C29H27ClFNO5/c1-5-6-11-27(33)36-20(4)37-29(35)32(26-15-12-21(31)16-19(26)3)22-13-14-24(25(30)17-22)28(34)23-10-8-7-9-18(23)2/h5-10,12-17,20H,11H2,1-4H3/b6-5+. The van der Waals surface area contributed by atoms with E-state index in [0.29, 0.717) is 16.8 Å². The van der Waals surface area contributed by atoms with Gasteiger partial charge < -0.3 is 9.47 Å². The van der Waals surface area contributed by atoms with Crippen molar-refractivity contribution >= 4 is 40.8 Å². The van der Waals surface area contributed by atoms with Crippen molar-refractivity contribution in [1.82, 2.24) is 0 Å². The Labute approximate surface area is 220 Å². The lowest BCUT2D eigenvalue weighted by Crippen LogP contribution is -2.32. The molecule has 0 N–H and O–H groups in total. The smallest absolute Gasteiger partial charge is 0.422 e. The van der Waals surface area contributed by atoms with Crippen molar-refractivity contribution in [3.05, 3.63) is 106 Å². The summed E-state index contributed by atoms with van der Waals surface area (Å²) in [6, 6.07) is 15.6. The fourth-order valence-corrected chi connectivity index (χ4v) is 3.94. The molecule has 1 atom stereocenters. The van der Waals surface area contributed by atoms with Crippen LogP contribution in [0.4, 0.5) is 20.6 Å². The molecule has 1 unspecified atom stereocenters. The molecule has 0 aliphatic rings. The van der Waals surface area contributed by atoms with Crippen LogP contribution in [-0.2, 0) is 14.3 Å². The van der Waals surface area contributed by atoms with E-state index in [1.54, 1.807) is 44.2 Å². The maximum Gasteiger partial charge on any atom is 0.422 e. The Kier molecular flexibility index (Phi) is 9.20. The zero-order valence-electron chi connectivity index (χ0n) is 21.0. The first-order chi connectivity index (χ1) is 17.6. The fraction of sp³-hybridized carbons (Fsp3) is 0.207. The number of carbonyl (C=O) groups is 3. The number of aryl methyl sites for hydroxylation is 2. The second-order valence-corrected chi connectivity index (χ2v) is 8.70. The summed E-state index contributed by atoms with van der Waals surface area (Å²) in [7, 11) is 0. The number of hydrogen-bond donors (Lipinski definition) is 0. The van der Waals surface area contributed by atoms with Gasteiger partial charge in [-0.1, -0.05) is 48.0 Å². The third-order valence-electron chi connectivity index (χ3n) is 5.51. The number of allylic oxidation sites excluding steroid dienone is 1. The number of nitrogens with zero attached hydrogens (tertiary/aromatic N) is 1. The van der Waals surface area contributed by atoms with Crippen molar-refractivity contribution in [2.75, 3.05) is 4.90 Å². The van der Waals surface area contributed by atoms with Gasteiger partial charge in [0.15, 0.2) is 5.78 Å². The summed E-state index contributed by atoms with van der Waals surface area (Å²) in [6.07, 6.45) is 1.28. The summed E-state index contributed by atoms with van der Waals surface area (Å²) >= 11 is 6.52. The van der Waals surface area contributed by atoms with Crippen molar-refractivity contribution in [2.24, 2.45) is 0 Å². The van der Waals surface area contributed by atoms with E-state index in [0.717, 1.165) is 5.56 Å². The van der Waals surface area contributed by atoms with Crippen molar-refractivity contribution in [1.29, 1.82) is 0 Å². The second kappa shape index (κ2) is 12.3. The quantitative estimate of drug-likeness (QED) is 0.133. The molecule has 0 aromatic heterocycles. The first-order valence-corrected chi connectivity index (χ1v) is 12.0. The largest absolute Gasteiger partial charge is 0.425 e. The maximum absolute atomic E-state index is 13.8. The van der Waals surface area contributed by atoms with Crippen LogP contribution >= 0.6 is 11.6 Å². The normalized spacial score (nSPS) is 11.7. The van der Waals surface area contributed by atoms with Gasteiger partial charge >= 0.3 is 12.1 Å². The highest BCUT2D eigenvalue weighted by Gasteiger charge is 2.26. The van der Waals surface area contributed by atoms with Gasteiger partial charge in [0.05, 0.1) is 22.8 Å². The topological polar surface area (TPSA) is 72.9 Å². The molecule has 0 saturated heterocycles. The number of carbonyl (C=O) groups excluding carboxylic acids is 3. The average molecular weight is 524 g/mol. The Bertz CT molecular complexity index is 1350. The minimum atomic E-state index is -1.19. The highest BCUT2D eigenvalue weighted by atomic mass is 35.5. The summed E-state index contributed by atoms with van der Waals surface area (Å²) in [5.74, 6) is -1.30. The number of esters is 1. The molecule has 0 aliphatic carbocycles. The van der Waals surface area contributed by atoms with Gasteiger partial charge in [0.2, 0.25) is 6.29 Å². The maximum atomic E-state index is 13.8. The minimum absolute atomic E-state index is 0.0329.